The number of nitrogens with one attached hydrogen (secondary N) is 1. The van der Waals surface area contributed by atoms with Crippen LogP contribution in [0.3, 0.4) is 0 Å². The van der Waals surface area contributed by atoms with Crippen LogP contribution in [0.5, 0.6) is 0 Å². The van der Waals surface area contributed by atoms with Gasteiger partial charge in [-0.2, -0.15) is 0 Å². The molecule has 0 aliphatic heterocycles. The first kappa shape index (κ1) is 13.2. The number of nitrogens with zero attached hydrogens (tertiary/aromatic N) is 1. The van der Waals surface area contributed by atoms with E-state index in [0.29, 0.717) is 5.56 Å². The molecule has 0 aliphatic rings. The maximum absolute atomic E-state index is 11.8. The summed E-state index contributed by atoms with van der Waals surface area (Å²) in [6.07, 6.45) is 3.05. The zero-order chi connectivity index (χ0) is 12.8. The molecule has 1 amide bonds. The van der Waals surface area contributed by atoms with Crippen LogP contribution in [0, 0.1) is 5.92 Å². The van der Waals surface area contributed by atoms with Crippen LogP contribution in [0.1, 0.15) is 24.2 Å². The molecular formula is C12H16N2O3. The molecule has 0 spiro atoms. The normalized spacial score (nSPS) is 12.0. The third-order valence-corrected chi connectivity index (χ3v) is 2.35. The monoisotopic (exact) mass is 236 g/mol. The number of carbonyl (C=O) groups excluding carboxylic acids is 2. The van der Waals surface area contributed by atoms with Crippen molar-refractivity contribution in [2.24, 2.45) is 5.92 Å². The quantitative estimate of drug-likeness (QED) is 0.792. The Balaban J connectivity index is 2.75. The summed E-state index contributed by atoms with van der Waals surface area (Å²) in [5.41, 5.74) is 0.467. The number of methoxy groups -OCH3 is 1. The summed E-state index contributed by atoms with van der Waals surface area (Å²) in [5.74, 6) is -0.785. The standard InChI is InChI=1S/C12H16N2O3/c1-8(2)10(12(16)17-3)14-11(15)9-4-6-13-7-5-9/h4-8,10H,1-3H3,(H,14,15)/t10-/m0/s1. The van der Waals surface area contributed by atoms with Crippen molar-refractivity contribution in [1.82, 2.24) is 10.3 Å². The molecule has 0 fully saturated rings. The van der Waals surface area contributed by atoms with E-state index < -0.39 is 12.0 Å². The van der Waals surface area contributed by atoms with Crippen LogP contribution in [0.15, 0.2) is 24.5 Å². The molecule has 1 aromatic heterocycles. The molecule has 0 unspecified atom stereocenters. The van der Waals surface area contributed by atoms with Crippen molar-refractivity contribution in [3.8, 4) is 0 Å². The first-order valence-corrected chi connectivity index (χ1v) is 5.35. The molecule has 5 heteroatoms. The lowest BCUT2D eigenvalue weighted by molar-refractivity contribution is -0.144. The van der Waals surface area contributed by atoms with Crippen LogP contribution in [0.2, 0.25) is 0 Å². The van der Waals surface area contributed by atoms with Crippen molar-refractivity contribution in [3.05, 3.63) is 30.1 Å². The van der Waals surface area contributed by atoms with Crippen LogP contribution in [-0.2, 0) is 9.53 Å². The predicted octanol–water partition coefficient (Wildman–Crippen LogP) is 1.01. The molecule has 1 aromatic rings. The van der Waals surface area contributed by atoms with Crippen molar-refractivity contribution < 1.29 is 14.3 Å². The minimum atomic E-state index is -0.638. The second-order valence-corrected chi connectivity index (χ2v) is 3.95. The highest BCUT2D eigenvalue weighted by Gasteiger charge is 2.25. The van der Waals surface area contributed by atoms with E-state index in [-0.39, 0.29) is 11.8 Å². The second-order valence-electron chi connectivity index (χ2n) is 3.95. The van der Waals surface area contributed by atoms with Gasteiger partial charge in [0, 0.05) is 18.0 Å². The van der Waals surface area contributed by atoms with Crippen molar-refractivity contribution in [1.29, 1.82) is 0 Å². The number of amides is 1. The van der Waals surface area contributed by atoms with E-state index >= 15 is 0 Å². The smallest absolute Gasteiger partial charge is 0.328 e. The number of aromatic nitrogens is 1. The third kappa shape index (κ3) is 3.55. The highest BCUT2D eigenvalue weighted by atomic mass is 16.5. The zero-order valence-corrected chi connectivity index (χ0v) is 10.1. The number of hydrogen-bond acceptors (Lipinski definition) is 4. The molecule has 1 rings (SSSR count). The Morgan fingerprint density at radius 2 is 1.88 bits per heavy atom. The summed E-state index contributed by atoms with van der Waals surface area (Å²) in [6.45, 7) is 3.68. The first-order valence-electron chi connectivity index (χ1n) is 5.35. The second kappa shape index (κ2) is 5.98. The van der Waals surface area contributed by atoms with E-state index in [1.54, 1.807) is 12.1 Å². The number of ether oxygens (including phenoxy) is 1. The fourth-order valence-corrected chi connectivity index (χ4v) is 1.35. The van der Waals surface area contributed by atoms with Crippen LogP contribution in [-0.4, -0.2) is 30.0 Å². The number of hydrogen-bond donors (Lipinski definition) is 1. The van der Waals surface area contributed by atoms with Gasteiger partial charge in [0.15, 0.2) is 0 Å². The Bertz CT molecular complexity index is 390. The lowest BCUT2D eigenvalue weighted by atomic mass is 10.0. The molecule has 17 heavy (non-hydrogen) atoms. The summed E-state index contributed by atoms with van der Waals surface area (Å²) < 4.78 is 4.64. The fraction of sp³-hybridized carbons (Fsp3) is 0.417. The number of carbonyl (C=O) groups is 2. The Morgan fingerprint density at radius 1 is 1.29 bits per heavy atom. The van der Waals surface area contributed by atoms with E-state index in [1.807, 2.05) is 13.8 Å². The molecule has 0 bridgehead atoms. The number of pyridine rings is 1. The Kier molecular flexibility index (Phi) is 4.63. The van der Waals surface area contributed by atoms with Gasteiger partial charge in [0.05, 0.1) is 7.11 Å². The Labute approximate surface area is 100 Å². The molecule has 0 saturated carbocycles. The zero-order valence-electron chi connectivity index (χ0n) is 10.1. The lowest BCUT2D eigenvalue weighted by Gasteiger charge is -2.19. The highest BCUT2D eigenvalue weighted by Crippen LogP contribution is 2.05. The van der Waals surface area contributed by atoms with Crippen molar-refractivity contribution >= 4 is 11.9 Å². The van der Waals surface area contributed by atoms with Crippen molar-refractivity contribution in [2.45, 2.75) is 19.9 Å². The molecule has 1 atom stereocenters. The van der Waals surface area contributed by atoms with Gasteiger partial charge in [-0.1, -0.05) is 13.8 Å². The van der Waals surface area contributed by atoms with Crippen LogP contribution < -0.4 is 5.32 Å². The van der Waals surface area contributed by atoms with Crippen LogP contribution in [0.25, 0.3) is 0 Å². The molecule has 92 valence electrons. The van der Waals surface area contributed by atoms with Gasteiger partial charge in [0.1, 0.15) is 6.04 Å². The number of esters is 1. The molecule has 0 aromatic carbocycles. The lowest BCUT2D eigenvalue weighted by Crippen LogP contribution is -2.45. The number of rotatable bonds is 4. The van der Waals surface area contributed by atoms with Gasteiger partial charge in [-0.25, -0.2) is 4.79 Å². The summed E-state index contributed by atoms with van der Waals surface area (Å²) in [4.78, 5) is 27.1. The van der Waals surface area contributed by atoms with Gasteiger partial charge in [-0.3, -0.25) is 9.78 Å². The van der Waals surface area contributed by atoms with Gasteiger partial charge < -0.3 is 10.1 Å². The molecular weight excluding hydrogens is 220 g/mol. The maximum Gasteiger partial charge on any atom is 0.328 e. The van der Waals surface area contributed by atoms with E-state index in [0.717, 1.165) is 0 Å². The van der Waals surface area contributed by atoms with Gasteiger partial charge in [0.25, 0.3) is 5.91 Å². The summed E-state index contributed by atoms with van der Waals surface area (Å²) >= 11 is 0. The molecule has 0 aliphatic carbocycles. The van der Waals surface area contributed by atoms with E-state index in [1.165, 1.54) is 19.5 Å². The van der Waals surface area contributed by atoms with Gasteiger partial charge >= 0.3 is 5.97 Å². The predicted molar refractivity (Wildman–Crippen MR) is 62.3 cm³/mol. The molecule has 0 saturated heterocycles. The first-order chi connectivity index (χ1) is 8.06. The summed E-state index contributed by atoms with van der Waals surface area (Å²) in [6, 6.07) is 2.54. The van der Waals surface area contributed by atoms with Crippen molar-refractivity contribution in [3.63, 3.8) is 0 Å². The molecule has 5 nitrogen and oxygen atoms in total. The topological polar surface area (TPSA) is 68.3 Å². The van der Waals surface area contributed by atoms with Crippen LogP contribution in [0.4, 0.5) is 0 Å². The highest BCUT2D eigenvalue weighted by molar-refractivity contribution is 5.96. The molecule has 0 radical (unpaired) electrons. The van der Waals surface area contributed by atoms with Gasteiger partial charge in [-0.15, -0.1) is 0 Å². The van der Waals surface area contributed by atoms with Crippen LogP contribution >= 0.6 is 0 Å². The average molecular weight is 236 g/mol. The van der Waals surface area contributed by atoms with E-state index in [4.69, 9.17) is 0 Å². The van der Waals surface area contributed by atoms with E-state index in [2.05, 4.69) is 15.0 Å². The third-order valence-electron chi connectivity index (χ3n) is 2.35. The molecule has 1 N–H and O–H groups in total. The van der Waals surface area contributed by atoms with Gasteiger partial charge in [0.2, 0.25) is 0 Å². The Morgan fingerprint density at radius 3 is 2.35 bits per heavy atom. The minimum absolute atomic E-state index is 0.0340. The summed E-state index contributed by atoms with van der Waals surface area (Å²) in [7, 11) is 1.30. The average Bonchev–Trinajstić information content (AvgIpc) is 2.35. The fourth-order valence-electron chi connectivity index (χ4n) is 1.35. The minimum Gasteiger partial charge on any atom is -0.467 e. The molecule has 1 heterocycles. The van der Waals surface area contributed by atoms with Crippen molar-refractivity contribution in [2.75, 3.05) is 7.11 Å². The summed E-state index contributed by atoms with van der Waals surface area (Å²) in [5, 5.41) is 2.64. The van der Waals surface area contributed by atoms with Gasteiger partial charge in [-0.05, 0) is 18.1 Å². The Hall–Kier alpha value is -1.91. The van der Waals surface area contributed by atoms with E-state index in [9.17, 15) is 9.59 Å². The largest absolute Gasteiger partial charge is 0.467 e. The maximum atomic E-state index is 11.8. The SMILES string of the molecule is COC(=O)[C@@H](NC(=O)c1ccncc1)C(C)C.